The number of likely N-dealkylation sites (N-methyl/N-ethyl adjacent to an activating group) is 1. The van der Waals surface area contributed by atoms with E-state index in [9.17, 15) is 4.79 Å². The van der Waals surface area contributed by atoms with Gasteiger partial charge in [-0.25, -0.2) is 4.98 Å². The summed E-state index contributed by atoms with van der Waals surface area (Å²) in [5.74, 6) is 0.856. The second kappa shape index (κ2) is 11.1. The summed E-state index contributed by atoms with van der Waals surface area (Å²) >= 11 is 0. The summed E-state index contributed by atoms with van der Waals surface area (Å²) in [5, 5.41) is 10.1. The zero-order valence-electron chi connectivity index (χ0n) is 15.4. The minimum Gasteiger partial charge on any atom is -0.378 e. The molecule has 1 aliphatic rings. The molecule has 0 aliphatic carbocycles. The summed E-state index contributed by atoms with van der Waals surface area (Å²) in [6.45, 7) is 3.63. The number of aryl methyl sites for hydroxylation is 1. The van der Waals surface area contributed by atoms with Crippen LogP contribution in [0.15, 0.2) is 30.7 Å². The maximum Gasteiger partial charge on any atom is 0.242 e. The lowest BCUT2D eigenvalue weighted by atomic mass is 10.1. The Labute approximate surface area is 171 Å². The Morgan fingerprint density at radius 2 is 2.00 bits per heavy atom. The van der Waals surface area contributed by atoms with Crippen molar-refractivity contribution in [2.24, 2.45) is 7.05 Å². The largest absolute Gasteiger partial charge is 0.378 e. The molecule has 1 unspecified atom stereocenters. The third kappa shape index (κ3) is 6.07. The van der Waals surface area contributed by atoms with Crippen molar-refractivity contribution in [1.82, 2.24) is 25.4 Å². The van der Waals surface area contributed by atoms with Crippen LogP contribution in [0.3, 0.4) is 0 Å². The molecular formula is C17H26Cl2N6O2. The van der Waals surface area contributed by atoms with E-state index in [1.165, 1.54) is 0 Å². The summed E-state index contributed by atoms with van der Waals surface area (Å²) < 4.78 is 7.03. The van der Waals surface area contributed by atoms with E-state index in [2.05, 4.69) is 25.6 Å². The quantitative estimate of drug-likeness (QED) is 0.732. The van der Waals surface area contributed by atoms with Gasteiger partial charge in [-0.1, -0.05) is 6.07 Å². The van der Waals surface area contributed by atoms with Crippen molar-refractivity contribution in [2.45, 2.75) is 12.6 Å². The van der Waals surface area contributed by atoms with Gasteiger partial charge >= 0.3 is 0 Å². The Bertz CT molecular complexity index is 704. The molecule has 3 rings (SSSR count). The van der Waals surface area contributed by atoms with Crippen molar-refractivity contribution in [3.8, 4) is 0 Å². The molecule has 3 heterocycles. The third-order valence-electron chi connectivity index (χ3n) is 4.22. The van der Waals surface area contributed by atoms with Gasteiger partial charge in [-0.3, -0.25) is 9.48 Å². The van der Waals surface area contributed by atoms with Crippen LogP contribution < -0.4 is 15.5 Å². The molecule has 1 fully saturated rings. The Hall–Kier alpha value is -1.87. The Kier molecular flexibility index (Phi) is 9.51. The molecule has 1 amide bonds. The average molecular weight is 417 g/mol. The van der Waals surface area contributed by atoms with Crippen LogP contribution in [0.25, 0.3) is 0 Å². The molecule has 1 aliphatic heterocycles. The number of aromatic nitrogens is 3. The summed E-state index contributed by atoms with van der Waals surface area (Å²) in [6, 6.07) is 3.56. The molecule has 10 heteroatoms. The number of anilines is 1. The second-order valence-electron chi connectivity index (χ2n) is 6.01. The first-order valence-corrected chi connectivity index (χ1v) is 8.38. The Morgan fingerprint density at radius 3 is 2.56 bits per heavy atom. The third-order valence-corrected chi connectivity index (χ3v) is 4.22. The van der Waals surface area contributed by atoms with Crippen LogP contribution in [0.2, 0.25) is 0 Å². The lowest BCUT2D eigenvalue weighted by Crippen LogP contribution is -2.37. The minimum absolute atomic E-state index is 0. The number of pyridine rings is 1. The zero-order chi connectivity index (χ0) is 17.6. The molecule has 2 N–H and O–H groups in total. The number of halogens is 2. The molecular weight excluding hydrogens is 391 g/mol. The molecule has 0 saturated carbocycles. The number of morpholine rings is 1. The lowest BCUT2D eigenvalue weighted by Gasteiger charge is -2.27. The van der Waals surface area contributed by atoms with Crippen molar-refractivity contribution in [2.75, 3.05) is 38.3 Å². The van der Waals surface area contributed by atoms with Crippen molar-refractivity contribution in [3.05, 3.63) is 41.9 Å². The second-order valence-corrected chi connectivity index (χ2v) is 6.01. The van der Waals surface area contributed by atoms with Gasteiger partial charge in [0.05, 0.1) is 19.4 Å². The minimum atomic E-state index is -0.422. The van der Waals surface area contributed by atoms with Gasteiger partial charge in [-0.2, -0.15) is 5.10 Å². The smallest absolute Gasteiger partial charge is 0.242 e. The van der Waals surface area contributed by atoms with Gasteiger partial charge in [0.25, 0.3) is 0 Å². The highest BCUT2D eigenvalue weighted by molar-refractivity contribution is 5.85. The normalized spacial score (nSPS) is 14.7. The van der Waals surface area contributed by atoms with E-state index >= 15 is 0 Å². The van der Waals surface area contributed by atoms with Crippen molar-refractivity contribution in [3.63, 3.8) is 0 Å². The van der Waals surface area contributed by atoms with Crippen LogP contribution in [0, 0.1) is 0 Å². The van der Waals surface area contributed by atoms with Crippen molar-refractivity contribution < 1.29 is 9.53 Å². The first-order chi connectivity index (χ1) is 12.2. The van der Waals surface area contributed by atoms with Gasteiger partial charge in [0, 0.05) is 44.6 Å². The van der Waals surface area contributed by atoms with Gasteiger partial charge in [-0.15, -0.1) is 24.8 Å². The fraction of sp³-hybridized carbons (Fsp3) is 0.471. The summed E-state index contributed by atoms with van der Waals surface area (Å²) in [7, 11) is 3.59. The van der Waals surface area contributed by atoms with Crippen LogP contribution in [-0.2, 0) is 23.1 Å². The molecule has 150 valence electrons. The number of carbonyl (C=O) groups excluding carboxylic acids is 1. The van der Waals surface area contributed by atoms with Crippen molar-refractivity contribution >= 4 is 36.5 Å². The predicted octanol–water partition coefficient (Wildman–Crippen LogP) is 1.07. The molecule has 1 atom stereocenters. The predicted molar refractivity (Wildman–Crippen MR) is 109 cm³/mol. The molecule has 27 heavy (non-hydrogen) atoms. The van der Waals surface area contributed by atoms with Crippen molar-refractivity contribution in [1.29, 1.82) is 0 Å². The highest BCUT2D eigenvalue weighted by atomic mass is 35.5. The first-order valence-electron chi connectivity index (χ1n) is 8.38. The van der Waals surface area contributed by atoms with Crippen LogP contribution in [-0.4, -0.2) is 54.0 Å². The Morgan fingerprint density at radius 1 is 1.26 bits per heavy atom. The fourth-order valence-corrected chi connectivity index (χ4v) is 2.83. The fourth-order valence-electron chi connectivity index (χ4n) is 2.83. The SMILES string of the molecule is CNC(C(=O)NCc1ccc(N2CCOCC2)nc1)c1cnn(C)c1.Cl.Cl. The van der Waals surface area contributed by atoms with Crippen LogP contribution in [0.1, 0.15) is 17.2 Å². The van der Waals surface area contributed by atoms with E-state index in [1.54, 1.807) is 17.9 Å². The van der Waals surface area contributed by atoms with Gasteiger partial charge in [0.2, 0.25) is 5.91 Å². The number of hydrogen-bond acceptors (Lipinski definition) is 6. The highest BCUT2D eigenvalue weighted by Crippen LogP contribution is 2.14. The van der Waals surface area contributed by atoms with Crippen LogP contribution >= 0.6 is 24.8 Å². The number of carbonyl (C=O) groups is 1. The average Bonchev–Trinajstić information content (AvgIpc) is 3.08. The summed E-state index contributed by atoms with van der Waals surface area (Å²) in [5.41, 5.74) is 1.80. The summed E-state index contributed by atoms with van der Waals surface area (Å²) in [4.78, 5) is 19.1. The van der Waals surface area contributed by atoms with E-state index in [4.69, 9.17) is 4.74 Å². The molecule has 2 aromatic rings. The highest BCUT2D eigenvalue weighted by Gasteiger charge is 2.19. The number of ether oxygens (including phenoxy) is 1. The van der Waals surface area contributed by atoms with Gasteiger partial charge in [-0.05, 0) is 18.7 Å². The van der Waals surface area contributed by atoms with E-state index in [-0.39, 0.29) is 30.7 Å². The molecule has 0 spiro atoms. The van der Waals surface area contributed by atoms with Gasteiger partial charge in [0.1, 0.15) is 11.9 Å². The molecule has 0 bridgehead atoms. The summed E-state index contributed by atoms with van der Waals surface area (Å²) in [6.07, 6.45) is 5.34. The lowest BCUT2D eigenvalue weighted by molar-refractivity contribution is -0.123. The maximum atomic E-state index is 12.4. The van der Waals surface area contributed by atoms with Gasteiger partial charge < -0.3 is 20.3 Å². The molecule has 2 aromatic heterocycles. The number of amides is 1. The number of nitrogens with zero attached hydrogens (tertiary/aromatic N) is 4. The molecule has 0 radical (unpaired) electrons. The molecule has 8 nitrogen and oxygen atoms in total. The number of rotatable bonds is 6. The number of hydrogen-bond donors (Lipinski definition) is 2. The van der Waals surface area contributed by atoms with E-state index < -0.39 is 6.04 Å². The maximum absolute atomic E-state index is 12.4. The van der Waals surface area contributed by atoms with E-state index in [0.29, 0.717) is 6.54 Å². The zero-order valence-corrected chi connectivity index (χ0v) is 17.1. The number of nitrogens with one attached hydrogen (secondary N) is 2. The van der Waals surface area contributed by atoms with Gasteiger partial charge in [0.15, 0.2) is 0 Å². The monoisotopic (exact) mass is 416 g/mol. The first kappa shape index (κ1) is 23.2. The van der Waals surface area contributed by atoms with E-state index in [1.807, 2.05) is 31.6 Å². The topological polar surface area (TPSA) is 84.3 Å². The molecule has 0 aromatic carbocycles. The van der Waals surface area contributed by atoms with E-state index in [0.717, 1.165) is 43.2 Å². The van der Waals surface area contributed by atoms with Crippen LogP contribution in [0.4, 0.5) is 5.82 Å². The Balaban J connectivity index is 0.00000182. The molecule has 1 saturated heterocycles. The van der Waals surface area contributed by atoms with Crippen LogP contribution in [0.5, 0.6) is 0 Å². The standard InChI is InChI=1S/C17H24N6O2.2ClH/c1-18-16(14-11-21-22(2)12-14)17(24)20-10-13-3-4-15(19-9-13)23-5-7-25-8-6-23;;/h3-4,9,11-12,16,18H,5-8,10H2,1-2H3,(H,20,24);2*1H.